The van der Waals surface area contributed by atoms with E-state index in [0.717, 1.165) is 62.1 Å². The van der Waals surface area contributed by atoms with E-state index < -0.39 is 83.7 Å². The van der Waals surface area contributed by atoms with Crippen molar-refractivity contribution in [2.45, 2.75) is 199 Å². The first kappa shape index (κ1) is 62.6. The van der Waals surface area contributed by atoms with Gasteiger partial charge >= 0.3 is 33.3 Å². The average Bonchev–Trinajstić information content (AvgIpc) is 3.59. The second-order valence-electron chi connectivity index (χ2n) is 17.3. The fraction of sp³-hybridized carbons (Fsp3) is 0.680. The summed E-state index contributed by atoms with van der Waals surface area (Å²) >= 11 is 0. The molecule has 0 saturated carbocycles. The molecule has 398 valence electrons. The fourth-order valence-corrected chi connectivity index (χ4v) is 9.29. The number of aliphatic hydroxyl groups is 2. The number of rotatable bonds is 41. The van der Waals surface area contributed by atoms with Gasteiger partial charge in [-0.3, -0.25) is 23.2 Å². The lowest BCUT2D eigenvalue weighted by Crippen LogP contribution is -2.36. The number of nitrogens with two attached hydrogens (primary N) is 1. The highest BCUT2D eigenvalue weighted by Crippen LogP contribution is 2.60. The molecule has 1 aromatic heterocycles. The number of phosphoric acid groups is 2. The number of allylic oxidation sites excluding steroid dienone is 10. The molecule has 7 atom stereocenters. The third kappa shape index (κ3) is 30.4. The molecule has 0 radical (unpaired) electrons. The molecule has 1 aliphatic rings. The van der Waals surface area contributed by atoms with Gasteiger partial charge in [-0.15, -0.1) is 0 Å². The molecule has 1 aliphatic heterocycles. The first-order chi connectivity index (χ1) is 33.7. The molecule has 3 unspecified atom stereocenters. The average molecular weight is 1030 g/mol. The fourth-order valence-electron chi connectivity index (χ4n) is 7.18. The number of hydrogen-bond donors (Lipinski definition) is 5. The molecule has 0 aliphatic carbocycles. The normalized spacial score (nSPS) is 19.7. The number of carbonyl (C=O) groups excluding carboxylic acids is 2. The van der Waals surface area contributed by atoms with E-state index in [1.807, 2.05) is 18.2 Å². The van der Waals surface area contributed by atoms with Gasteiger partial charge in [0.15, 0.2) is 12.3 Å². The summed E-state index contributed by atoms with van der Waals surface area (Å²) in [4.78, 5) is 61.8. The van der Waals surface area contributed by atoms with E-state index in [4.69, 9.17) is 29.0 Å². The van der Waals surface area contributed by atoms with Gasteiger partial charge in [0.1, 0.15) is 30.7 Å². The monoisotopic (exact) mass is 1030 g/mol. The van der Waals surface area contributed by atoms with Gasteiger partial charge < -0.3 is 39.9 Å². The van der Waals surface area contributed by atoms with Crippen LogP contribution in [0, 0.1) is 0 Å². The summed E-state index contributed by atoms with van der Waals surface area (Å²) in [5, 5.41) is 20.9. The van der Waals surface area contributed by atoms with Crippen LogP contribution in [0.5, 0.6) is 0 Å². The van der Waals surface area contributed by atoms with Crippen molar-refractivity contribution in [1.82, 2.24) is 9.55 Å². The zero-order valence-corrected chi connectivity index (χ0v) is 43.3. The molecule has 2 heterocycles. The number of carbonyl (C=O) groups is 2. The van der Waals surface area contributed by atoms with Crippen LogP contribution in [0.25, 0.3) is 0 Å². The van der Waals surface area contributed by atoms with E-state index in [1.54, 1.807) is 0 Å². The molecule has 2 rings (SSSR count). The molecule has 0 aromatic carbocycles. The Kier molecular flexibility index (Phi) is 34.1. The highest BCUT2D eigenvalue weighted by Gasteiger charge is 2.46. The van der Waals surface area contributed by atoms with Gasteiger partial charge in [-0.2, -0.15) is 9.29 Å². The topological polar surface area (TPSA) is 265 Å². The zero-order valence-electron chi connectivity index (χ0n) is 41.6. The molecule has 0 amide bonds. The molecular weight excluding hydrogens is 945 g/mol. The van der Waals surface area contributed by atoms with Crippen LogP contribution in [-0.2, 0) is 46.3 Å². The lowest BCUT2D eigenvalue weighted by Gasteiger charge is -2.21. The van der Waals surface area contributed by atoms with Crippen LogP contribution < -0.4 is 11.4 Å². The van der Waals surface area contributed by atoms with Crippen molar-refractivity contribution in [1.29, 1.82) is 0 Å². The predicted molar refractivity (Wildman–Crippen MR) is 270 cm³/mol. The Bertz CT molecular complexity index is 1910. The van der Waals surface area contributed by atoms with Gasteiger partial charge in [-0.1, -0.05) is 164 Å². The Morgan fingerprint density at radius 2 is 1.19 bits per heavy atom. The maximum Gasteiger partial charge on any atom is 0.481 e. The quantitative estimate of drug-likeness (QED) is 0.0177. The van der Waals surface area contributed by atoms with Crippen molar-refractivity contribution in [2.24, 2.45) is 0 Å². The summed E-state index contributed by atoms with van der Waals surface area (Å²) in [5.41, 5.74) is 4.58. The zero-order chi connectivity index (χ0) is 51.3. The van der Waals surface area contributed by atoms with E-state index in [1.165, 1.54) is 76.7 Å². The first-order valence-electron chi connectivity index (χ1n) is 25.3. The smallest absolute Gasteiger partial charge is 0.462 e. The first-order valence-corrected chi connectivity index (χ1v) is 28.3. The van der Waals surface area contributed by atoms with Crippen molar-refractivity contribution >= 4 is 33.4 Å². The van der Waals surface area contributed by atoms with Crippen LogP contribution in [0.4, 0.5) is 5.82 Å². The maximum atomic E-state index is 12.8. The van der Waals surface area contributed by atoms with E-state index in [0.29, 0.717) is 19.3 Å². The predicted octanol–water partition coefficient (Wildman–Crippen LogP) is 10.3. The number of ether oxygens (including phenoxy) is 3. The summed E-state index contributed by atoms with van der Waals surface area (Å²) in [7, 11) is -10.9. The Balaban J connectivity index is 1.83. The van der Waals surface area contributed by atoms with Crippen LogP contribution in [0.15, 0.2) is 77.8 Å². The number of hydrogen-bond acceptors (Lipinski definition) is 15. The number of unbranched alkanes of at least 4 members (excludes halogenated alkanes) is 15. The van der Waals surface area contributed by atoms with Crippen LogP contribution in [0.2, 0.25) is 0 Å². The van der Waals surface area contributed by atoms with E-state index >= 15 is 0 Å². The van der Waals surface area contributed by atoms with Crippen LogP contribution in [-0.4, -0.2) is 85.7 Å². The Morgan fingerprint density at radius 1 is 0.686 bits per heavy atom. The van der Waals surface area contributed by atoms with Crippen molar-refractivity contribution in [3.63, 3.8) is 0 Å². The Hall–Kier alpha value is -3.54. The molecule has 70 heavy (non-hydrogen) atoms. The van der Waals surface area contributed by atoms with Gasteiger partial charge in [-0.25, -0.2) is 13.9 Å². The number of nitrogens with zero attached hydrogens (tertiary/aromatic N) is 2. The molecule has 1 fully saturated rings. The van der Waals surface area contributed by atoms with Crippen LogP contribution in [0.1, 0.15) is 174 Å². The number of anilines is 1. The number of aromatic nitrogens is 2. The van der Waals surface area contributed by atoms with Crippen molar-refractivity contribution < 1.29 is 66.3 Å². The highest BCUT2D eigenvalue weighted by molar-refractivity contribution is 7.61. The number of phosphoric ester groups is 2. The summed E-state index contributed by atoms with van der Waals surface area (Å²) in [6.45, 7) is 2.05. The minimum absolute atomic E-state index is 0.00300. The van der Waals surface area contributed by atoms with E-state index in [-0.39, 0.29) is 18.7 Å². The molecule has 6 N–H and O–H groups in total. The van der Waals surface area contributed by atoms with E-state index in [2.05, 4.69) is 65.7 Å². The molecule has 0 spiro atoms. The number of nitrogen functional groups attached to an aromatic ring is 1. The van der Waals surface area contributed by atoms with Gasteiger partial charge in [0.2, 0.25) is 0 Å². The third-order valence-electron chi connectivity index (χ3n) is 11.1. The number of esters is 2. The molecule has 18 nitrogen and oxygen atoms in total. The van der Waals surface area contributed by atoms with Crippen LogP contribution >= 0.6 is 15.6 Å². The van der Waals surface area contributed by atoms with Gasteiger partial charge in [-0.05, 0) is 57.4 Å². The maximum absolute atomic E-state index is 12.8. The molecular formula is C50H83N3O15P2. The van der Waals surface area contributed by atoms with Crippen LogP contribution in [0.3, 0.4) is 0 Å². The lowest BCUT2D eigenvalue weighted by molar-refractivity contribution is -0.161. The lowest BCUT2D eigenvalue weighted by atomic mass is 10.0. The molecule has 0 bridgehead atoms. The van der Waals surface area contributed by atoms with Crippen molar-refractivity contribution in [3.05, 3.63) is 83.5 Å². The second kappa shape index (κ2) is 38.1. The summed E-state index contributed by atoms with van der Waals surface area (Å²) in [5.74, 6) is -1.39. The van der Waals surface area contributed by atoms with Gasteiger partial charge in [0.05, 0.1) is 13.2 Å². The number of aliphatic hydroxyl groups excluding tert-OH is 2. The Morgan fingerprint density at radius 3 is 1.74 bits per heavy atom. The van der Waals surface area contributed by atoms with Crippen molar-refractivity contribution in [2.75, 3.05) is 25.6 Å². The van der Waals surface area contributed by atoms with Crippen molar-refractivity contribution in [3.8, 4) is 0 Å². The standard InChI is InChI=1S/C50H83N3O15P2/c1-3-5-7-9-11-13-15-17-18-19-20-21-22-24-25-27-29-31-33-35-45(54)63-39-42(66-46(55)36-34-32-30-28-26-23-16-14-12-10-8-6-4-2)40-64-69(59,60)68-70(61,62)65-41-43-47(56)48(57)49(67-43)53-38-37-44(51)52-50(53)58/h11,13,17-18,20-21,24-25,29,31,37-38,42-43,47-49,56-57H,3-10,12,14-16,19,22-23,26-28,30,32-36,39-41H2,1-2H3,(H,59,60)(H,61,62)(H2,51,52,58)/b13-11-,18-17-,21-20-,25-24-,31-29-/t42-,43-,47+,48?,49-/m1/s1. The second-order valence-corrected chi connectivity index (χ2v) is 20.4. The molecule has 1 aromatic rings. The van der Waals surface area contributed by atoms with Gasteiger partial charge in [0.25, 0.3) is 0 Å². The Labute approximate surface area is 415 Å². The molecule has 1 saturated heterocycles. The molecule has 20 heteroatoms. The van der Waals surface area contributed by atoms with Gasteiger partial charge in [0, 0.05) is 19.0 Å². The minimum Gasteiger partial charge on any atom is -0.462 e. The summed E-state index contributed by atoms with van der Waals surface area (Å²) in [6.07, 6.45) is 37.5. The SMILES string of the molecule is CCCCC/C=C\C/C=C\C/C=C\C/C=C\C/C=C\CCC(=O)OC[C@H](COP(=O)(O)OP(=O)(O)OC[C@H]1O[C@@H](n2ccc(N)nc2=O)C(O)[C@H]1O)OC(=O)CCCCCCCCCCCCCCC. The third-order valence-corrected chi connectivity index (χ3v) is 13.7. The highest BCUT2D eigenvalue weighted by atomic mass is 31.3. The largest absolute Gasteiger partial charge is 0.481 e. The van der Waals surface area contributed by atoms with E-state index in [9.17, 15) is 43.5 Å². The summed E-state index contributed by atoms with van der Waals surface area (Å²) in [6, 6.07) is 1.24. The minimum atomic E-state index is -5.43. The summed E-state index contributed by atoms with van der Waals surface area (Å²) < 4.78 is 56.7.